The van der Waals surface area contributed by atoms with Gasteiger partial charge in [0.2, 0.25) is 0 Å². The molecule has 0 amide bonds. The zero-order chi connectivity index (χ0) is 21.4. The van der Waals surface area contributed by atoms with E-state index in [-0.39, 0.29) is 22.4 Å². The van der Waals surface area contributed by atoms with Crippen molar-refractivity contribution in [1.29, 1.82) is 0 Å². The first-order valence-electron chi connectivity index (χ1n) is 9.40. The molecule has 0 aliphatic carbocycles. The molecule has 0 aliphatic rings. The van der Waals surface area contributed by atoms with Gasteiger partial charge in [-0.25, -0.2) is 0 Å². The monoisotopic (exact) mass is 551 g/mol. The first kappa shape index (κ1) is 41.0. The first-order chi connectivity index (χ1) is 11.4. The summed E-state index contributed by atoms with van der Waals surface area (Å²) in [5, 5.41) is 40.7. The maximum atomic E-state index is 8.14. The van der Waals surface area contributed by atoms with E-state index in [4.69, 9.17) is 25.5 Å². The molecule has 0 rings (SSSR count). The third-order valence-electron chi connectivity index (χ3n) is 1.83. The average molecular weight is 552 g/mol. The van der Waals surface area contributed by atoms with Crippen LogP contribution in [0.15, 0.2) is 0 Å². The van der Waals surface area contributed by atoms with Crippen LogP contribution in [0.2, 0.25) is 0 Å². The normalized spacial score (nSPS) is 9.23. The van der Waals surface area contributed by atoms with Gasteiger partial charge in [-0.05, 0) is 29.6 Å². The zero-order valence-corrected chi connectivity index (χ0v) is 22.3. The second-order valence-corrected chi connectivity index (χ2v) is 7.88. The van der Waals surface area contributed by atoms with Crippen LogP contribution in [-0.4, -0.2) is 58.6 Å². The van der Waals surface area contributed by atoms with Gasteiger partial charge in [0.05, 0.1) is 0 Å². The van der Waals surface area contributed by atoms with Crippen molar-refractivity contribution in [2.45, 2.75) is 69.2 Å². The summed E-state index contributed by atoms with van der Waals surface area (Å²) in [5.74, 6) is 2.20. The van der Waals surface area contributed by atoms with Crippen LogP contribution < -0.4 is 0 Å². The molecule has 0 heterocycles. The Morgan fingerprint density at radius 3 is 0.385 bits per heavy atom. The Hall–Kier alpha value is 0.540. The summed E-state index contributed by atoms with van der Waals surface area (Å²) in [4.78, 5) is 0. The summed E-state index contributed by atoms with van der Waals surface area (Å²) in [7, 11) is 0. The topological polar surface area (TPSA) is 101 Å². The predicted molar refractivity (Wildman–Crippen MR) is 110 cm³/mol. The Kier molecular flexibility index (Phi) is 57.5. The van der Waals surface area contributed by atoms with E-state index in [1.807, 2.05) is 69.2 Å². The van der Waals surface area contributed by atoms with E-state index in [0.717, 1.165) is 0 Å². The number of hydrogen-bond acceptors (Lipinski definition) is 5. The van der Waals surface area contributed by atoms with Gasteiger partial charge in [-0.1, -0.05) is 69.2 Å². The van der Waals surface area contributed by atoms with Crippen LogP contribution in [0.4, 0.5) is 0 Å². The minimum atomic E-state index is 0. The maximum Gasteiger partial charge on any atom is 0.0453 e. The molecule has 0 aromatic heterocycles. The van der Waals surface area contributed by atoms with Crippen LogP contribution in [-0.2, 0) is 22.4 Å². The smallest absolute Gasteiger partial charge is 0.0453 e. The molecule has 0 saturated heterocycles. The van der Waals surface area contributed by atoms with Crippen molar-refractivity contribution in [3.63, 3.8) is 0 Å². The molecule has 0 aliphatic heterocycles. The zero-order valence-electron chi connectivity index (χ0n) is 19.1. The van der Waals surface area contributed by atoms with Crippen LogP contribution in [0, 0.1) is 29.6 Å². The van der Waals surface area contributed by atoms with Gasteiger partial charge in [0, 0.05) is 55.4 Å². The fourth-order valence-corrected chi connectivity index (χ4v) is 0. The molecular formula is C20H50O5Ta. The fourth-order valence-electron chi connectivity index (χ4n) is 0. The standard InChI is InChI=1S/5C4H10O.Ta/c5*1-4(2)3-5;/h5*4-5H,3H2,1-2H3;. The Balaban J connectivity index is -0.0000000476. The van der Waals surface area contributed by atoms with E-state index in [2.05, 4.69) is 0 Å². The predicted octanol–water partition coefficient (Wildman–Crippen LogP) is 3.17. The van der Waals surface area contributed by atoms with Crippen molar-refractivity contribution < 1.29 is 47.9 Å². The van der Waals surface area contributed by atoms with E-state index in [9.17, 15) is 0 Å². The molecule has 0 unspecified atom stereocenters. The van der Waals surface area contributed by atoms with Crippen LogP contribution in [0.25, 0.3) is 0 Å². The summed E-state index contributed by atoms with van der Waals surface area (Å²) >= 11 is 0. The second-order valence-electron chi connectivity index (χ2n) is 7.88. The first-order valence-corrected chi connectivity index (χ1v) is 9.40. The molecule has 5 N–H and O–H groups in total. The molecule has 165 valence electrons. The van der Waals surface area contributed by atoms with Gasteiger partial charge in [-0.3, -0.25) is 0 Å². The van der Waals surface area contributed by atoms with Crippen molar-refractivity contribution in [2.24, 2.45) is 29.6 Å². The van der Waals surface area contributed by atoms with Crippen molar-refractivity contribution in [3.8, 4) is 0 Å². The molecule has 1 radical (unpaired) electrons. The molecule has 0 aromatic rings. The summed E-state index contributed by atoms with van der Waals surface area (Å²) in [6.45, 7) is 21.2. The SMILES string of the molecule is CC(C)CO.CC(C)CO.CC(C)CO.CC(C)CO.CC(C)CO.[Ta]. The van der Waals surface area contributed by atoms with Gasteiger partial charge in [0.1, 0.15) is 0 Å². The number of aliphatic hydroxyl groups excluding tert-OH is 5. The Morgan fingerprint density at radius 2 is 0.385 bits per heavy atom. The molecular weight excluding hydrogens is 501 g/mol. The van der Waals surface area contributed by atoms with E-state index in [0.29, 0.717) is 62.6 Å². The van der Waals surface area contributed by atoms with Gasteiger partial charge < -0.3 is 25.5 Å². The third-order valence-corrected chi connectivity index (χ3v) is 1.83. The molecule has 6 heteroatoms. The summed E-state index contributed by atoms with van der Waals surface area (Å²) in [5.41, 5.74) is 0. The van der Waals surface area contributed by atoms with Crippen LogP contribution in [0.3, 0.4) is 0 Å². The molecule has 0 spiro atoms. The van der Waals surface area contributed by atoms with Crippen LogP contribution >= 0.6 is 0 Å². The minimum Gasteiger partial charge on any atom is -0.396 e. The van der Waals surface area contributed by atoms with Crippen molar-refractivity contribution >= 4 is 0 Å². The summed E-state index contributed by atoms with van der Waals surface area (Å²) in [6, 6.07) is 0. The molecule has 5 nitrogen and oxygen atoms in total. The Labute approximate surface area is 179 Å². The summed E-state index contributed by atoms with van der Waals surface area (Å²) < 4.78 is 0. The van der Waals surface area contributed by atoms with Gasteiger partial charge in [0.25, 0.3) is 0 Å². The Morgan fingerprint density at radius 1 is 0.346 bits per heavy atom. The Bertz CT molecular complexity index is 141. The van der Waals surface area contributed by atoms with Crippen molar-refractivity contribution in [2.75, 3.05) is 33.0 Å². The average Bonchev–Trinajstić information content (AvgIpc) is 2.56. The number of aliphatic hydroxyl groups is 5. The summed E-state index contributed by atoms with van der Waals surface area (Å²) in [6.07, 6.45) is 0. The number of hydrogen-bond donors (Lipinski definition) is 5. The molecule has 0 aromatic carbocycles. The minimum absolute atomic E-state index is 0. The fraction of sp³-hybridized carbons (Fsp3) is 1.00. The number of rotatable bonds is 5. The van der Waals surface area contributed by atoms with Gasteiger partial charge >= 0.3 is 0 Å². The molecule has 0 atom stereocenters. The maximum absolute atomic E-state index is 8.14. The molecule has 26 heavy (non-hydrogen) atoms. The second kappa shape index (κ2) is 36.5. The van der Waals surface area contributed by atoms with Crippen molar-refractivity contribution in [1.82, 2.24) is 0 Å². The van der Waals surface area contributed by atoms with Crippen LogP contribution in [0.5, 0.6) is 0 Å². The van der Waals surface area contributed by atoms with E-state index < -0.39 is 0 Å². The van der Waals surface area contributed by atoms with E-state index >= 15 is 0 Å². The molecule has 0 fully saturated rings. The van der Waals surface area contributed by atoms with Gasteiger partial charge in [0.15, 0.2) is 0 Å². The molecule has 0 bridgehead atoms. The van der Waals surface area contributed by atoms with Gasteiger partial charge in [-0.2, -0.15) is 0 Å². The van der Waals surface area contributed by atoms with Gasteiger partial charge in [-0.15, -0.1) is 0 Å². The quantitative estimate of drug-likeness (QED) is 0.362. The van der Waals surface area contributed by atoms with E-state index in [1.165, 1.54) is 0 Å². The molecule has 0 saturated carbocycles. The van der Waals surface area contributed by atoms with Crippen molar-refractivity contribution in [3.05, 3.63) is 0 Å². The third kappa shape index (κ3) is 122. The largest absolute Gasteiger partial charge is 0.396 e. The van der Waals surface area contributed by atoms with E-state index in [1.54, 1.807) is 0 Å². The van der Waals surface area contributed by atoms with Crippen LogP contribution in [0.1, 0.15) is 69.2 Å².